The van der Waals surface area contributed by atoms with Crippen molar-refractivity contribution in [3.8, 4) is 0 Å². The van der Waals surface area contributed by atoms with E-state index in [-0.39, 0.29) is 6.04 Å². The maximum absolute atomic E-state index is 5.92. The molecule has 0 bridgehead atoms. The molecule has 2 N–H and O–H groups in total. The van der Waals surface area contributed by atoms with E-state index in [1.54, 1.807) is 0 Å². The minimum atomic E-state index is 0.0918. The Balaban J connectivity index is 2.23. The molecule has 3 heteroatoms. The summed E-state index contributed by atoms with van der Waals surface area (Å²) in [5.41, 5.74) is 8.41. The normalized spacial score (nSPS) is 26.2. The van der Waals surface area contributed by atoms with Gasteiger partial charge in [-0.3, -0.25) is 0 Å². The molecule has 1 saturated heterocycles. The Morgan fingerprint density at radius 2 is 2.11 bits per heavy atom. The molecule has 1 heterocycles. The zero-order chi connectivity index (χ0) is 13.3. The van der Waals surface area contributed by atoms with E-state index >= 15 is 0 Å². The lowest BCUT2D eigenvalue weighted by molar-refractivity contribution is 0.377. The van der Waals surface area contributed by atoms with Crippen molar-refractivity contribution in [3.05, 3.63) is 28.2 Å². The number of anilines is 1. The Labute approximate surface area is 119 Å². The van der Waals surface area contributed by atoms with Crippen LogP contribution in [0.25, 0.3) is 0 Å². The Morgan fingerprint density at radius 3 is 2.67 bits per heavy atom. The van der Waals surface area contributed by atoms with Crippen LogP contribution in [-0.2, 0) is 0 Å². The van der Waals surface area contributed by atoms with Crippen LogP contribution in [0.4, 0.5) is 5.69 Å². The van der Waals surface area contributed by atoms with Gasteiger partial charge in [0.15, 0.2) is 0 Å². The van der Waals surface area contributed by atoms with Crippen LogP contribution in [0.1, 0.15) is 45.2 Å². The molecule has 2 rings (SSSR count). The quantitative estimate of drug-likeness (QED) is 0.891. The number of hydrogen-bond acceptors (Lipinski definition) is 2. The Kier molecular flexibility index (Phi) is 4.33. The van der Waals surface area contributed by atoms with E-state index in [1.165, 1.54) is 28.6 Å². The number of piperidine rings is 1. The van der Waals surface area contributed by atoms with Gasteiger partial charge in [0.25, 0.3) is 0 Å². The van der Waals surface area contributed by atoms with Gasteiger partial charge in [0.05, 0.1) is 5.69 Å². The third kappa shape index (κ3) is 2.89. The van der Waals surface area contributed by atoms with Crippen LogP contribution in [0, 0.1) is 5.92 Å². The second kappa shape index (κ2) is 5.62. The molecule has 1 aromatic rings. The second-order valence-corrected chi connectivity index (χ2v) is 6.53. The van der Waals surface area contributed by atoms with Gasteiger partial charge < -0.3 is 10.6 Å². The first-order chi connectivity index (χ1) is 8.49. The lowest BCUT2D eigenvalue weighted by atomic mass is 9.93. The van der Waals surface area contributed by atoms with Crippen molar-refractivity contribution >= 4 is 21.6 Å². The monoisotopic (exact) mass is 310 g/mol. The Morgan fingerprint density at radius 1 is 1.39 bits per heavy atom. The van der Waals surface area contributed by atoms with E-state index < -0.39 is 0 Å². The lowest BCUT2D eigenvalue weighted by Gasteiger charge is -2.39. The summed E-state index contributed by atoms with van der Waals surface area (Å²) in [6.45, 7) is 7.84. The van der Waals surface area contributed by atoms with Crippen molar-refractivity contribution < 1.29 is 0 Å². The molecule has 1 aromatic carbocycles. The van der Waals surface area contributed by atoms with Crippen molar-refractivity contribution in [2.24, 2.45) is 11.7 Å². The van der Waals surface area contributed by atoms with Crippen molar-refractivity contribution in [2.75, 3.05) is 11.4 Å². The maximum atomic E-state index is 5.92. The second-order valence-electron chi connectivity index (χ2n) is 5.67. The molecule has 1 aliphatic heterocycles. The summed E-state index contributed by atoms with van der Waals surface area (Å²) in [6.07, 6.45) is 2.56. The molecule has 3 unspecified atom stereocenters. The van der Waals surface area contributed by atoms with Gasteiger partial charge in [0.2, 0.25) is 0 Å². The lowest BCUT2D eigenvalue weighted by Crippen LogP contribution is -2.40. The third-order valence-corrected chi connectivity index (χ3v) is 4.58. The summed E-state index contributed by atoms with van der Waals surface area (Å²) in [7, 11) is 0. The van der Waals surface area contributed by atoms with Gasteiger partial charge in [-0.15, -0.1) is 0 Å². The first kappa shape index (κ1) is 13.9. The molecule has 0 saturated carbocycles. The van der Waals surface area contributed by atoms with Gasteiger partial charge in [0.1, 0.15) is 0 Å². The maximum Gasteiger partial charge on any atom is 0.0513 e. The predicted octanol–water partition coefficient (Wildman–Crippen LogP) is 4.09. The average molecular weight is 311 g/mol. The molecular weight excluding hydrogens is 288 g/mol. The van der Waals surface area contributed by atoms with Crippen LogP contribution < -0.4 is 10.6 Å². The number of benzene rings is 1. The zero-order valence-corrected chi connectivity index (χ0v) is 13.1. The van der Waals surface area contributed by atoms with Crippen LogP contribution in [0.15, 0.2) is 22.7 Å². The molecule has 0 amide bonds. The molecule has 18 heavy (non-hydrogen) atoms. The first-order valence-corrected chi connectivity index (χ1v) is 7.60. The van der Waals surface area contributed by atoms with Crippen LogP contribution in [0.2, 0.25) is 0 Å². The molecule has 1 aliphatic rings. The molecular formula is C15H23BrN2. The first-order valence-electron chi connectivity index (χ1n) is 6.80. The summed E-state index contributed by atoms with van der Waals surface area (Å²) in [5, 5.41) is 0. The number of nitrogens with two attached hydrogens (primary N) is 1. The fourth-order valence-electron chi connectivity index (χ4n) is 2.80. The molecule has 2 nitrogen and oxygen atoms in total. The molecule has 1 fully saturated rings. The molecule has 0 radical (unpaired) electrons. The molecule has 100 valence electrons. The Bertz CT molecular complexity index is 417. The van der Waals surface area contributed by atoms with E-state index in [0.29, 0.717) is 6.04 Å². The highest BCUT2D eigenvalue weighted by Crippen LogP contribution is 2.34. The van der Waals surface area contributed by atoms with Crippen LogP contribution >= 0.6 is 15.9 Å². The van der Waals surface area contributed by atoms with E-state index in [1.807, 2.05) is 6.92 Å². The number of hydrogen-bond donors (Lipinski definition) is 1. The van der Waals surface area contributed by atoms with Gasteiger partial charge in [-0.25, -0.2) is 0 Å². The number of rotatable bonds is 2. The van der Waals surface area contributed by atoms with Crippen LogP contribution in [-0.4, -0.2) is 12.6 Å². The zero-order valence-electron chi connectivity index (χ0n) is 11.5. The topological polar surface area (TPSA) is 29.3 Å². The minimum Gasteiger partial charge on any atom is -0.368 e. The molecule has 0 aliphatic carbocycles. The van der Waals surface area contributed by atoms with Crippen molar-refractivity contribution in [1.29, 1.82) is 0 Å². The number of nitrogens with zero attached hydrogens (tertiary/aromatic N) is 1. The Hall–Kier alpha value is -0.540. The molecule has 3 atom stereocenters. The summed E-state index contributed by atoms with van der Waals surface area (Å²) in [6, 6.07) is 7.22. The largest absolute Gasteiger partial charge is 0.368 e. The van der Waals surface area contributed by atoms with Crippen LogP contribution in [0.3, 0.4) is 0 Å². The van der Waals surface area contributed by atoms with Crippen molar-refractivity contribution in [3.63, 3.8) is 0 Å². The van der Waals surface area contributed by atoms with Gasteiger partial charge in [-0.1, -0.05) is 13.0 Å². The van der Waals surface area contributed by atoms with Gasteiger partial charge in [-0.05, 0) is 66.2 Å². The fourth-order valence-corrected chi connectivity index (χ4v) is 3.43. The van der Waals surface area contributed by atoms with Gasteiger partial charge >= 0.3 is 0 Å². The molecule has 0 aromatic heterocycles. The summed E-state index contributed by atoms with van der Waals surface area (Å²) < 4.78 is 1.17. The standard InChI is InChI=1S/C15H23BrN2/c1-10-6-7-18(11(2)8-10)15-5-4-13(12(3)17)9-14(15)16/h4-5,9-12H,6-8,17H2,1-3H3. The average Bonchev–Trinajstić information content (AvgIpc) is 2.30. The van der Waals surface area contributed by atoms with Crippen molar-refractivity contribution in [2.45, 2.75) is 45.7 Å². The van der Waals surface area contributed by atoms with E-state index in [9.17, 15) is 0 Å². The van der Waals surface area contributed by atoms with E-state index in [2.05, 4.69) is 52.9 Å². The van der Waals surface area contributed by atoms with Crippen molar-refractivity contribution in [1.82, 2.24) is 0 Å². The van der Waals surface area contributed by atoms with Crippen LogP contribution in [0.5, 0.6) is 0 Å². The highest BCUT2D eigenvalue weighted by Gasteiger charge is 2.24. The van der Waals surface area contributed by atoms with E-state index in [0.717, 1.165) is 12.5 Å². The van der Waals surface area contributed by atoms with E-state index in [4.69, 9.17) is 5.73 Å². The van der Waals surface area contributed by atoms with Gasteiger partial charge in [0, 0.05) is 23.1 Å². The minimum absolute atomic E-state index is 0.0918. The summed E-state index contributed by atoms with van der Waals surface area (Å²) in [5.74, 6) is 0.846. The summed E-state index contributed by atoms with van der Waals surface area (Å²) in [4.78, 5) is 2.51. The van der Waals surface area contributed by atoms with Gasteiger partial charge in [-0.2, -0.15) is 0 Å². The number of halogens is 1. The fraction of sp³-hybridized carbons (Fsp3) is 0.600. The molecule has 0 spiro atoms. The predicted molar refractivity (Wildman–Crippen MR) is 82.0 cm³/mol. The smallest absolute Gasteiger partial charge is 0.0513 e. The third-order valence-electron chi connectivity index (χ3n) is 3.95. The highest BCUT2D eigenvalue weighted by molar-refractivity contribution is 9.10. The highest BCUT2D eigenvalue weighted by atomic mass is 79.9. The SMILES string of the molecule is CC1CCN(c2ccc(C(C)N)cc2Br)C(C)C1. The summed E-state index contributed by atoms with van der Waals surface area (Å²) >= 11 is 3.70.